The lowest BCUT2D eigenvalue weighted by Gasteiger charge is -2.33. The van der Waals surface area contributed by atoms with Gasteiger partial charge in [0.25, 0.3) is 0 Å². The number of nitrogens with two attached hydrogens (primary N) is 1. The number of nitrogen functional groups attached to an aromatic ring is 1. The number of nitrogens with one attached hydrogen (secondary N) is 1. The fraction of sp³-hybridized carbons (Fsp3) is 0.375. The topological polar surface area (TPSA) is 73.5 Å². The van der Waals surface area contributed by atoms with E-state index in [2.05, 4.69) is 32.4 Å². The van der Waals surface area contributed by atoms with Crippen LogP contribution in [0.15, 0.2) is 36.7 Å². The van der Waals surface area contributed by atoms with Crippen LogP contribution in [0.25, 0.3) is 0 Å². The summed E-state index contributed by atoms with van der Waals surface area (Å²) in [6.07, 6.45) is 1.55. The Hall–Kier alpha value is -2.38. The van der Waals surface area contributed by atoms with Crippen molar-refractivity contribution < 1.29 is 0 Å². The van der Waals surface area contributed by atoms with Gasteiger partial charge in [0, 0.05) is 38.9 Å². The number of para-hydroxylation sites is 1. The van der Waals surface area contributed by atoms with Crippen LogP contribution in [0.3, 0.4) is 0 Å². The van der Waals surface area contributed by atoms with Crippen molar-refractivity contribution in [2.75, 3.05) is 56.3 Å². The Kier molecular flexibility index (Phi) is 4.59. The second-order valence-electron chi connectivity index (χ2n) is 5.76. The number of hydrazine groups is 1. The summed E-state index contributed by atoms with van der Waals surface area (Å²) in [7, 11) is 4.08. The van der Waals surface area contributed by atoms with E-state index in [1.54, 1.807) is 6.33 Å². The van der Waals surface area contributed by atoms with Gasteiger partial charge in [-0.05, 0) is 19.2 Å². The molecule has 23 heavy (non-hydrogen) atoms. The highest BCUT2D eigenvalue weighted by Gasteiger charge is 2.18. The molecule has 2 aromatic rings. The van der Waals surface area contributed by atoms with Gasteiger partial charge in [0.1, 0.15) is 12.0 Å². The van der Waals surface area contributed by atoms with E-state index in [0.29, 0.717) is 17.3 Å². The summed E-state index contributed by atoms with van der Waals surface area (Å²) < 4.78 is 0. The van der Waals surface area contributed by atoms with Crippen molar-refractivity contribution >= 4 is 23.0 Å². The molecule has 1 saturated heterocycles. The molecule has 3 rings (SSSR count). The van der Waals surface area contributed by atoms with Crippen LogP contribution in [0.2, 0.25) is 0 Å². The van der Waals surface area contributed by atoms with Crippen LogP contribution in [0.5, 0.6) is 0 Å². The van der Waals surface area contributed by atoms with E-state index in [4.69, 9.17) is 5.73 Å². The molecule has 1 aromatic heterocycles. The molecule has 7 heteroatoms. The minimum Gasteiger partial charge on any atom is -0.393 e. The standard InChI is InChI=1S/C16H23N7/c1-21-8-10-23(11-9-21)20-15-14(17)16(19-12-18-15)22(2)13-6-4-3-5-7-13/h3-7,12H,8-11,17H2,1-2H3,(H,18,19,20). The molecular weight excluding hydrogens is 290 g/mol. The molecular formula is C16H23N7. The van der Waals surface area contributed by atoms with E-state index in [9.17, 15) is 0 Å². The van der Waals surface area contributed by atoms with Gasteiger partial charge in [0.05, 0.1) is 0 Å². The van der Waals surface area contributed by atoms with E-state index < -0.39 is 0 Å². The molecule has 1 aliphatic rings. The van der Waals surface area contributed by atoms with E-state index >= 15 is 0 Å². The van der Waals surface area contributed by atoms with Crippen LogP contribution in [-0.4, -0.2) is 60.2 Å². The predicted octanol–water partition coefficient (Wildman–Crippen LogP) is 1.40. The van der Waals surface area contributed by atoms with Crippen molar-refractivity contribution in [3.63, 3.8) is 0 Å². The summed E-state index contributed by atoms with van der Waals surface area (Å²) in [6.45, 7) is 3.91. The van der Waals surface area contributed by atoms with Gasteiger partial charge in [-0.25, -0.2) is 15.0 Å². The number of benzene rings is 1. The maximum atomic E-state index is 6.30. The normalized spacial score (nSPS) is 16.3. The van der Waals surface area contributed by atoms with Gasteiger partial charge in [-0.15, -0.1) is 0 Å². The SMILES string of the molecule is CN1CCN(Nc2ncnc(N(C)c3ccccc3)c2N)CC1. The number of aromatic nitrogens is 2. The predicted molar refractivity (Wildman–Crippen MR) is 93.6 cm³/mol. The Morgan fingerprint density at radius 3 is 2.48 bits per heavy atom. The minimum atomic E-state index is 0.554. The number of likely N-dealkylation sites (N-methyl/N-ethyl adjacent to an activating group) is 1. The third-order valence-electron chi connectivity index (χ3n) is 4.09. The Bertz CT molecular complexity index is 638. The molecule has 7 nitrogen and oxygen atoms in total. The fourth-order valence-corrected chi connectivity index (χ4v) is 2.58. The molecule has 3 N–H and O–H groups in total. The smallest absolute Gasteiger partial charge is 0.169 e. The summed E-state index contributed by atoms with van der Waals surface area (Å²) in [5, 5.41) is 2.14. The molecule has 0 aliphatic carbocycles. The van der Waals surface area contributed by atoms with Crippen LogP contribution >= 0.6 is 0 Å². The third kappa shape index (κ3) is 3.52. The lowest BCUT2D eigenvalue weighted by atomic mass is 10.3. The molecule has 1 aliphatic heterocycles. The van der Waals surface area contributed by atoms with Gasteiger partial charge < -0.3 is 21.0 Å². The summed E-state index contributed by atoms with van der Waals surface area (Å²) in [4.78, 5) is 12.9. The molecule has 0 bridgehead atoms. The summed E-state index contributed by atoms with van der Waals surface area (Å²) in [5.41, 5.74) is 11.2. The number of hydrogen-bond donors (Lipinski definition) is 2. The largest absolute Gasteiger partial charge is 0.393 e. The van der Waals surface area contributed by atoms with Crippen LogP contribution in [-0.2, 0) is 0 Å². The first kappa shape index (κ1) is 15.5. The lowest BCUT2D eigenvalue weighted by Crippen LogP contribution is -2.47. The highest BCUT2D eigenvalue weighted by molar-refractivity contribution is 5.78. The Balaban J connectivity index is 1.78. The second kappa shape index (κ2) is 6.80. The van der Waals surface area contributed by atoms with E-state index in [1.165, 1.54) is 0 Å². The molecule has 0 spiro atoms. The number of nitrogens with zero attached hydrogens (tertiary/aromatic N) is 5. The molecule has 0 radical (unpaired) electrons. The van der Waals surface area contributed by atoms with Crippen LogP contribution in [0, 0.1) is 0 Å². The van der Waals surface area contributed by atoms with Crippen LogP contribution in [0.4, 0.5) is 23.0 Å². The average Bonchev–Trinajstić information content (AvgIpc) is 2.59. The van der Waals surface area contributed by atoms with E-state index in [1.807, 2.05) is 42.3 Å². The van der Waals surface area contributed by atoms with Crippen LogP contribution in [0.1, 0.15) is 0 Å². The van der Waals surface area contributed by atoms with Crippen molar-refractivity contribution in [3.05, 3.63) is 36.7 Å². The Labute approximate surface area is 136 Å². The highest BCUT2D eigenvalue weighted by atomic mass is 15.5. The molecule has 0 unspecified atom stereocenters. The van der Waals surface area contributed by atoms with Crippen molar-refractivity contribution in [2.45, 2.75) is 0 Å². The number of piperazine rings is 1. The van der Waals surface area contributed by atoms with Crippen molar-refractivity contribution in [3.8, 4) is 0 Å². The molecule has 1 aromatic carbocycles. The monoisotopic (exact) mass is 313 g/mol. The molecule has 122 valence electrons. The second-order valence-corrected chi connectivity index (χ2v) is 5.76. The van der Waals surface area contributed by atoms with Gasteiger partial charge in [-0.2, -0.15) is 0 Å². The van der Waals surface area contributed by atoms with Gasteiger partial charge in [0.2, 0.25) is 0 Å². The van der Waals surface area contributed by atoms with Gasteiger partial charge in [-0.3, -0.25) is 0 Å². The summed E-state index contributed by atoms with van der Waals surface area (Å²) in [6, 6.07) is 10.0. The quantitative estimate of drug-likeness (QED) is 0.884. The van der Waals surface area contributed by atoms with Gasteiger partial charge in [0.15, 0.2) is 11.6 Å². The molecule has 0 amide bonds. The maximum Gasteiger partial charge on any atom is 0.169 e. The fourth-order valence-electron chi connectivity index (χ4n) is 2.58. The first-order valence-corrected chi connectivity index (χ1v) is 7.74. The number of hydrogen-bond acceptors (Lipinski definition) is 7. The number of rotatable bonds is 4. The van der Waals surface area contributed by atoms with Crippen molar-refractivity contribution in [1.29, 1.82) is 0 Å². The molecule has 1 fully saturated rings. The first-order valence-electron chi connectivity index (χ1n) is 7.74. The Morgan fingerprint density at radius 1 is 1.09 bits per heavy atom. The minimum absolute atomic E-state index is 0.554. The van der Waals surface area contributed by atoms with Crippen LogP contribution < -0.4 is 16.1 Å². The summed E-state index contributed by atoms with van der Waals surface area (Å²) >= 11 is 0. The average molecular weight is 313 g/mol. The van der Waals surface area contributed by atoms with Gasteiger partial charge >= 0.3 is 0 Å². The molecule has 0 atom stereocenters. The number of anilines is 4. The van der Waals surface area contributed by atoms with E-state index in [-0.39, 0.29) is 0 Å². The zero-order chi connectivity index (χ0) is 16.2. The van der Waals surface area contributed by atoms with Crippen molar-refractivity contribution in [1.82, 2.24) is 19.9 Å². The van der Waals surface area contributed by atoms with Crippen molar-refractivity contribution in [2.24, 2.45) is 0 Å². The third-order valence-corrected chi connectivity index (χ3v) is 4.09. The van der Waals surface area contributed by atoms with Gasteiger partial charge in [-0.1, -0.05) is 18.2 Å². The molecule has 2 heterocycles. The highest BCUT2D eigenvalue weighted by Crippen LogP contribution is 2.30. The summed E-state index contributed by atoms with van der Waals surface area (Å²) in [5.74, 6) is 1.35. The lowest BCUT2D eigenvalue weighted by molar-refractivity contribution is 0.178. The Morgan fingerprint density at radius 2 is 1.78 bits per heavy atom. The van der Waals surface area contributed by atoms with E-state index in [0.717, 1.165) is 31.9 Å². The zero-order valence-corrected chi connectivity index (χ0v) is 13.6. The molecule has 0 saturated carbocycles. The zero-order valence-electron chi connectivity index (χ0n) is 13.6. The first-order chi connectivity index (χ1) is 11.1. The maximum absolute atomic E-state index is 6.30.